The Kier molecular flexibility index (Phi) is 7.24. The van der Waals surface area contributed by atoms with Crippen LogP contribution in [-0.4, -0.2) is 39.4 Å². The average Bonchev–Trinajstić information content (AvgIpc) is 2.67. The van der Waals surface area contributed by atoms with E-state index in [0.717, 1.165) is 12.8 Å². The third-order valence-electron chi connectivity index (χ3n) is 4.01. The van der Waals surface area contributed by atoms with Crippen LogP contribution in [0, 0.1) is 0 Å². The van der Waals surface area contributed by atoms with Gasteiger partial charge in [0.2, 0.25) is 0 Å². The zero-order valence-electron chi connectivity index (χ0n) is 15.9. The predicted octanol–water partition coefficient (Wildman–Crippen LogP) is 3.76. The van der Waals surface area contributed by atoms with Crippen molar-refractivity contribution < 1.29 is 17.9 Å². The molecular formula is C20H26N2O4S. The number of carbonyl (C=O) groups is 1. The van der Waals surface area contributed by atoms with Crippen LogP contribution in [0.2, 0.25) is 0 Å². The SMILES string of the molecule is CCCN(CCC)C(=O)c1ccc(S(=O)(=O)Nc2cccc(OC)c2)cc1. The van der Waals surface area contributed by atoms with E-state index in [0.29, 0.717) is 30.1 Å². The van der Waals surface area contributed by atoms with Crippen molar-refractivity contribution in [2.24, 2.45) is 0 Å². The van der Waals surface area contributed by atoms with E-state index in [1.807, 2.05) is 13.8 Å². The number of nitrogens with one attached hydrogen (secondary N) is 1. The average molecular weight is 391 g/mol. The van der Waals surface area contributed by atoms with Gasteiger partial charge in [0, 0.05) is 24.7 Å². The van der Waals surface area contributed by atoms with Gasteiger partial charge in [0.25, 0.3) is 15.9 Å². The fourth-order valence-corrected chi connectivity index (χ4v) is 3.76. The first-order valence-corrected chi connectivity index (χ1v) is 10.5. The van der Waals surface area contributed by atoms with E-state index >= 15 is 0 Å². The van der Waals surface area contributed by atoms with E-state index in [9.17, 15) is 13.2 Å². The van der Waals surface area contributed by atoms with Crippen molar-refractivity contribution in [1.82, 2.24) is 4.90 Å². The highest BCUT2D eigenvalue weighted by molar-refractivity contribution is 7.92. The van der Waals surface area contributed by atoms with E-state index in [4.69, 9.17) is 4.74 Å². The molecule has 0 aliphatic heterocycles. The number of hydrogen-bond acceptors (Lipinski definition) is 4. The number of methoxy groups -OCH3 is 1. The lowest BCUT2D eigenvalue weighted by molar-refractivity contribution is 0.0755. The Hall–Kier alpha value is -2.54. The maximum absolute atomic E-state index is 12.6. The van der Waals surface area contributed by atoms with Crippen LogP contribution in [0.1, 0.15) is 37.0 Å². The Labute approximate surface area is 161 Å². The minimum absolute atomic E-state index is 0.0802. The van der Waals surface area contributed by atoms with Gasteiger partial charge in [-0.05, 0) is 49.2 Å². The molecule has 0 heterocycles. The molecule has 0 radical (unpaired) electrons. The van der Waals surface area contributed by atoms with Crippen LogP contribution in [0.25, 0.3) is 0 Å². The van der Waals surface area contributed by atoms with Crippen LogP contribution >= 0.6 is 0 Å². The quantitative estimate of drug-likeness (QED) is 0.707. The molecule has 2 rings (SSSR count). The number of sulfonamides is 1. The Balaban J connectivity index is 2.18. The number of benzene rings is 2. The standard InChI is InChI=1S/C20H26N2O4S/c1-4-13-22(14-5-2)20(23)16-9-11-19(12-10-16)27(24,25)21-17-7-6-8-18(15-17)26-3/h6-12,15,21H,4-5,13-14H2,1-3H3. The van der Waals surface area contributed by atoms with Gasteiger partial charge in [0.05, 0.1) is 17.7 Å². The van der Waals surface area contributed by atoms with Gasteiger partial charge in [-0.3, -0.25) is 9.52 Å². The molecule has 6 nitrogen and oxygen atoms in total. The molecule has 27 heavy (non-hydrogen) atoms. The van der Waals surface area contributed by atoms with Crippen molar-refractivity contribution in [1.29, 1.82) is 0 Å². The Morgan fingerprint density at radius 2 is 1.67 bits per heavy atom. The van der Waals surface area contributed by atoms with Gasteiger partial charge in [-0.15, -0.1) is 0 Å². The molecule has 0 spiro atoms. The summed E-state index contributed by atoms with van der Waals surface area (Å²) in [5, 5.41) is 0. The summed E-state index contributed by atoms with van der Waals surface area (Å²) in [6.45, 7) is 5.42. The fraction of sp³-hybridized carbons (Fsp3) is 0.350. The predicted molar refractivity (Wildman–Crippen MR) is 107 cm³/mol. The molecule has 2 aromatic rings. The van der Waals surface area contributed by atoms with E-state index < -0.39 is 10.0 Å². The topological polar surface area (TPSA) is 75.7 Å². The van der Waals surface area contributed by atoms with Crippen molar-refractivity contribution in [2.45, 2.75) is 31.6 Å². The molecule has 0 aliphatic rings. The molecule has 7 heteroatoms. The first kappa shape index (κ1) is 20.8. The summed E-state index contributed by atoms with van der Waals surface area (Å²) in [5.74, 6) is 0.478. The van der Waals surface area contributed by atoms with Crippen LogP contribution in [0.15, 0.2) is 53.4 Å². The summed E-state index contributed by atoms with van der Waals surface area (Å²) >= 11 is 0. The maximum Gasteiger partial charge on any atom is 0.261 e. The third-order valence-corrected chi connectivity index (χ3v) is 5.40. The minimum atomic E-state index is -3.75. The van der Waals surface area contributed by atoms with Crippen molar-refractivity contribution in [3.63, 3.8) is 0 Å². The molecule has 146 valence electrons. The maximum atomic E-state index is 12.6. The molecule has 0 bridgehead atoms. The number of rotatable bonds is 9. The molecule has 0 saturated heterocycles. The van der Waals surface area contributed by atoms with Crippen LogP contribution < -0.4 is 9.46 Å². The van der Waals surface area contributed by atoms with Crippen molar-refractivity contribution >= 4 is 21.6 Å². The number of hydrogen-bond donors (Lipinski definition) is 1. The van der Waals surface area contributed by atoms with E-state index in [1.165, 1.54) is 19.2 Å². The van der Waals surface area contributed by atoms with E-state index in [-0.39, 0.29) is 10.8 Å². The molecule has 0 aliphatic carbocycles. The highest BCUT2D eigenvalue weighted by atomic mass is 32.2. The van der Waals surface area contributed by atoms with Gasteiger partial charge in [0.1, 0.15) is 5.75 Å². The fourth-order valence-electron chi connectivity index (χ4n) is 2.71. The van der Waals surface area contributed by atoms with Crippen LogP contribution in [0.4, 0.5) is 5.69 Å². The summed E-state index contributed by atoms with van der Waals surface area (Å²) in [7, 11) is -2.23. The van der Waals surface area contributed by atoms with Gasteiger partial charge in [-0.2, -0.15) is 0 Å². The van der Waals surface area contributed by atoms with Crippen LogP contribution in [-0.2, 0) is 10.0 Å². The molecule has 0 aromatic heterocycles. The van der Waals surface area contributed by atoms with Gasteiger partial charge in [-0.1, -0.05) is 19.9 Å². The molecule has 0 unspecified atom stereocenters. The number of amides is 1. The number of nitrogens with zero attached hydrogens (tertiary/aromatic N) is 1. The molecule has 0 saturated carbocycles. The largest absolute Gasteiger partial charge is 0.497 e. The summed E-state index contributed by atoms with van der Waals surface area (Å²) in [6, 6.07) is 12.7. The first-order chi connectivity index (χ1) is 12.9. The summed E-state index contributed by atoms with van der Waals surface area (Å²) < 4.78 is 32.8. The van der Waals surface area contributed by atoms with E-state index in [2.05, 4.69) is 4.72 Å². The van der Waals surface area contributed by atoms with Gasteiger partial charge < -0.3 is 9.64 Å². The lowest BCUT2D eigenvalue weighted by Crippen LogP contribution is -2.32. The van der Waals surface area contributed by atoms with Crippen molar-refractivity contribution in [3.05, 3.63) is 54.1 Å². The zero-order valence-corrected chi connectivity index (χ0v) is 16.8. The van der Waals surface area contributed by atoms with Crippen molar-refractivity contribution in [3.8, 4) is 5.75 Å². The Morgan fingerprint density at radius 3 is 2.22 bits per heavy atom. The van der Waals surface area contributed by atoms with Crippen LogP contribution in [0.5, 0.6) is 5.75 Å². The van der Waals surface area contributed by atoms with Crippen molar-refractivity contribution in [2.75, 3.05) is 24.9 Å². The summed E-state index contributed by atoms with van der Waals surface area (Å²) in [5.41, 5.74) is 0.892. The number of ether oxygens (including phenoxy) is 1. The summed E-state index contributed by atoms with van der Waals surface area (Å²) in [4.78, 5) is 14.5. The lowest BCUT2D eigenvalue weighted by atomic mass is 10.2. The normalized spacial score (nSPS) is 11.1. The molecule has 2 aromatic carbocycles. The van der Waals surface area contributed by atoms with E-state index in [1.54, 1.807) is 41.3 Å². The molecular weight excluding hydrogens is 364 g/mol. The zero-order chi connectivity index (χ0) is 19.9. The molecule has 1 N–H and O–H groups in total. The Morgan fingerprint density at radius 1 is 1.04 bits per heavy atom. The van der Waals surface area contributed by atoms with Crippen LogP contribution in [0.3, 0.4) is 0 Å². The molecule has 1 amide bonds. The highest BCUT2D eigenvalue weighted by Gasteiger charge is 2.18. The van der Waals surface area contributed by atoms with Gasteiger partial charge >= 0.3 is 0 Å². The number of carbonyl (C=O) groups excluding carboxylic acids is 1. The molecule has 0 fully saturated rings. The third kappa shape index (κ3) is 5.47. The minimum Gasteiger partial charge on any atom is -0.497 e. The van der Waals surface area contributed by atoms with Gasteiger partial charge in [-0.25, -0.2) is 8.42 Å². The second-order valence-corrected chi connectivity index (χ2v) is 7.84. The second kappa shape index (κ2) is 9.41. The molecule has 0 atom stereocenters. The smallest absolute Gasteiger partial charge is 0.261 e. The summed E-state index contributed by atoms with van der Waals surface area (Å²) in [6.07, 6.45) is 1.76. The first-order valence-electron chi connectivity index (χ1n) is 8.97. The lowest BCUT2D eigenvalue weighted by Gasteiger charge is -2.21. The highest BCUT2D eigenvalue weighted by Crippen LogP contribution is 2.21. The Bertz CT molecular complexity index is 858. The van der Waals surface area contributed by atoms with Gasteiger partial charge in [0.15, 0.2) is 0 Å². The number of anilines is 1. The second-order valence-electron chi connectivity index (χ2n) is 6.15. The monoisotopic (exact) mass is 390 g/mol.